The van der Waals surface area contributed by atoms with Crippen LogP contribution in [0.1, 0.15) is 19.4 Å². The lowest BCUT2D eigenvalue weighted by molar-refractivity contribution is 0.370. The minimum absolute atomic E-state index is 0.338. The van der Waals surface area contributed by atoms with Crippen LogP contribution in [0, 0.1) is 0 Å². The van der Waals surface area contributed by atoms with Crippen LogP contribution in [0.25, 0.3) is 10.8 Å². The first-order chi connectivity index (χ1) is 11.5. The third-order valence-corrected chi connectivity index (χ3v) is 5.38. The van der Waals surface area contributed by atoms with E-state index in [4.69, 9.17) is 17.0 Å². The Morgan fingerprint density at radius 1 is 1.33 bits per heavy atom. The maximum atomic E-state index is 10.4. The highest BCUT2D eigenvalue weighted by molar-refractivity contribution is 7.81. The van der Waals surface area contributed by atoms with Crippen molar-refractivity contribution in [2.45, 2.75) is 25.9 Å². The van der Waals surface area contributed by atoms with Crippen LogP contribution in [0.5, 0.6) is 5.75 Å². The summed E-state index contributed by atoms with van der Waals surface area (Å²) in [5.74, 6) is 0.342. The summed E-state index contributed by atoms with van der Waals surface area (Å²) >= 11 is 5.59. The van der Waals surface area contributed by atoms with Gasteiger partial charge in [-0.05, 0) is 37.3 Å². The minimum atomic E-state index is -0.338. The molecule has 1 fully saturated rings. The van der Waals surface area contributed by atoms with Gasteiger partial charge in [-0.3, -0.25) is 0 Å². The zero-order valence-electron chi connectivity index (χ0n) is 14.0. The van der Waals surface area contributed by atoms with E-state index >= 15 is 0 Å². The van der Waals surface area contributed by atoms with Crippen molar-refractivity contribution in [3.05, 3.63) is 47.5 Å². The fourth-order valence-corrected chi connectivity index (χ4v) is 4.00. The van der Waals surface area contributed by atoms with Crippen molar-refractivity contribution in [2.75, 3.05) is 24.6 Å². The van der Waals surface area contributed by atoms with Crippen LogP contribution in [0.4, 0.5) is 5.69 Å². The lowest BCUT2D eigenvalue weighted by Gasteiger charge is -2.24. The molecule has 1 unspecified atom stereocenters. The highest BCUT2D eigenvalue weighted by Gasteiger charge is 2.50. The first-order valence-electron chi connectivity index (χ1n) is 8.32. The van der Waals surface area contributed by atoms with Gasteiger partial charge in [-0.2, -0.15) is 0 Å². The summed E-state index contributed by atoms with van der Waals surface area (Å²) in [5, 5.41) is 12.5. The Balaban J connectivity index is 1.68. The van der Waals surface area contributed by atoms with Gasteiger partial charge in [0.1, 0.15) is 11.4 Å². The standard InChI is InChI=1S/C20H21NO2S/c1-13(2)9-19(24)20(12-23-20)11-21-8-7-15-14-5-3-4-6-16(14)18(22)10-17(15)21/h3-6,9-10,22H,7-8,11-12H2,1-2H3. The smallest absolute Gasteiger partial charge is 0.144 e. The van der Waals surface area contributed by atoms with E-state index in [-0.39, 0.29) is 5.60 Å². The first-order valence-corrected chi connectivity index (χ1v) is 8.73. The van der Waals surface area contributed by atoms with Gasteiger partial charge in [-0.15, -0.1) is 0 Å². The molecule has 1 atom stereocenters. The molecule has 0 bridgehead atoms. The molecule has 0 amide bonds. The summed E-state index contributed by atoms with van der Waals surface area (Å²) < 4.78 is 5.76. The molecule has 4 rings (SSSR count). The molecule has 0 spiro atoms. The number of hydrogen-bond acceptors (Lipinski definition) is 4. The topological polar surface area (TPSA) is 36.0 Å². The van der Waals surface area contributed by atoms with Crippen LogP contribution in [0.2, 0.25) is 0 Å². The van der Waals surface area contributed by atoms with E-state index in [1.165, 1.54) is 11.1 Å². The van der Waals surface area contributed by atoms with Gasteiger partial charge in [0.2, 0.25) is 0 Å². The minimum Gasteiger partial charge on any atom is -0.507 e. The van der Waals surface area contributed by atoms with E-state index < -0.39 is 0 Å². The highest BCUT2D eigenvalue weighted by Crippen LogP contribution is 2.42. The maximum Gasteiger partial charge on any atom is 0.144 e. The molecular weight excluding hydrogens is 318 g/mol. The van der Waals surface area contributed by atoms with Gasteiger partial charge in [0.25, 0.3) is 0 Å². The van der Waals surface area contributed by atoms with Crippen LogP contribution in [-0.4, -0.2) is 35.3 Å². The maximum absolute atomic E-state index is 10.4. The number of allylic oxidation sites excluding steroid dienone is 1. The van der Waals surface area contributed by atoms with Crippen LogP contribution < -0.4 is 4.90 Å². The van der Waals surface area contributed by atoms with Crippen molar-refractivity contribution < 1.29 is 9.84 Å². The van der Waals surface area contributed by atoms with Crippen LogP contribution in [0.3, 0.4) is 0 Å². The average molecular weight is 339 g/mol. The molecule has 124 valence electrons. The lowest BCUT2D eigenvalue weighted by Crippen LogP contribution is -2.38. The molecule has 2 aliphatic heterocycles. The molecule has 2 aliphatic rings. The number of epoxide rings is 1. The molecule has 1 N–H and O–H groups in total. The number of aromatic hydroxyl groups is 1. The molecule has 0 radical (unpaired) electrons. The number of ether oxygens (including phenoxy) is 1. The van der Waals surface area contributed by atoms with Crippen LogP contribution in [0.15, 0.2) is 42.0 Å². The Kier molecular flexibility index (Phi) is 3.62. The van der Waals surface area contributed by atoms with E-state index in [1.807, 2.05) is 30.3 Å². The highest BCUT2D eigenvalue weighted by atomic mass is 32.1. The van der Waals surface area contributed by atoms with E-state index in [9.17, 15) is 5.11 Å². The number of phenolic OH excluding ortho intramolecular Hbond substituents is 1. The number of nitrogens with zero attached hydrogens (tertiary/aromatic N) is 1. The van der Waals surface area contributed by atoms with Crippen LogP contribution >= 0.6 is 12.2 Å². The van der Waals surface area contributed by atoms with Crippen molar-refractivity contribution >= 4 is 33.5 Å². The van der Waals surface area contributed by atoms with Gasteiger partial charge < -0.3 is 14.7 Å². The molecule has 2 heterocycles. The second-order valence-corrected chi connectivity index (χ2v) is 7.42. The number of thiocarbonyl (C=S) groups is 1. The summed E-state index contributed by atoms with van der Waals surface area (Å²) in [6.45, 7) is 6.47. The Bertz CT molecular complexity index is 863. The normalized spacial score (nSPS) is 21.7. The molecule has 1 saturated heterocycles. The Morgan fingerprint density at radius 3 is 2.71 bits per heavy atom. The van der Waals surface area contributed by atoms with E-state index in [0.29, 0.717) is 12.4 Å². The predicted molar refractivity (Wildman–Crippen MR) is 102 cm³/mol. The Hall–Kier alpha value is -1.91. The third kappa shape index (κ3) is 2.50. The molecule has 24 heavy (non-hydrogen) atoms. The van der Waals surface area contributed by atoms with Crippen molar-refractivity contribution in [3.8, 4) is 5.75 Å². The Morgan fingerprint density at radius 2 is 2.04 bits per heavy atom. The molecule has 0 aliphatic carbocycles. The monoisotopic (exact) mass is 339 g/mol. The zero-order chi connectivity index (χ0) is 16.9. The summed E-state index contributed by atoms with van der Waals surface area (Å²) in [7, 11) is 0. The van der Waals surface area contributed by atoms with Crippen molar-refractivity contribution in [1.29, 1.82) is 0 Å². The van der Waals surface area contributed by atoms with Gasteiger partial charge in [-0.25, -0.2) is 0 Å². The number of fused-ring (bicyclic) bond motifs is 3. The molecule has 3 nitrogen and oxygen atoms in total. The van der Waals surface area contributed by atoms with Gasteiger partial charge in [0, 0.05) is 23.7 Å². The lowest BCUT2D eigenvalue weighted by atomic mass is 10.0. The van der Waals surface area contributed by atoms with Gasteiger partial charge in [-0.1, -0.05) is 42.1 Å². The summed E-state index contributed by atoms with van der Waals surface area (Å²) in [6, 6.07) is 9.95. The summed E-state index contributed by atoms with van der Waals surface area (Å²) in [5.41, 5.74) is 3.28. The third-order valence-electron chi connectivity index (χ3n) is 4.89. The summed E-state index contributed by atoms with van der Waals surface area (Å²) in [6.07, 6.45) is 3.03. The fourth-order valence-electron chi connectivity index (χ4n) is 3.58. The van der Waals surface area contributed by atoms with Gasteiger partial charge in [0.05, 0.1) is 18.0 Å². The molecular formula is C20H21NO2S. The van der Waals surface area contributed by atoms with E-state index in [2.05, 4.69) is 24.8 Å². The van der Waals surface area contributed by atoms with Crippen LogP contribution in [-0.2, 0) is 11.2 Å². The zero-order valence-corrected chi connectivity index (χ0v) is 14.8. The van der Waals surface area contributed by atoms with Gasteiger partial charge in [0.15, 0.2) is 0 Å². The van der Waals surface area contributed by atoms with Crippen molar-refractivity contribution in [1.82, 2.24) is 0 Å². The first kappa shape index (κ1) is 15.6. The SMILES string of the molecule is CC(C)=CC(=S)C1(CN2CCc3c2cc(O)c2ccccc32)CO1. The molecule has 2 aromatic carbocycles. The molecule has 4 heteroatoms. The molecule has 0 aromatic heterocycles. The van der Waals surface area contributed by atoms with Crippen molar-refractivity contribution in [3.63, 3.8) is 0 Å². The van der Waals surface area contributed by atoms with E-state index in [1.54, 1.807) is 0 Å². The largest absolute Gasteiger partial charge is 0.507 e. The average Bonchev–Trinajstić information content (AvgIpc) is 3.23. The number of hydrogen-bond donors (Lipinski definition) is 1. The van der Waals surface area contributed by atoms with Crippen molar-refractivity contribution in [2.24, 2.45) is 0 Å². The molecule has 0 saturated carbocycles. The predicted octanol–water partition coefficient (Wildman–Crippen LogP) is 4.01. The second-order valence-electron chi connectivity index (χ2n) is 6.98. The number of rotatable bonds is 4. The molecule has 2 aromatic rings. The van der Waals surface area contributed by atoms with E-state index in [0.717, 1.165) is 40.8 Å². The van der Waals surface area contributed by atoms with Gasteiger partial charge >= 0.3 is 0 Å². The fraction of sp³-hybridized carbons (Fsp3) is 0.350. The summed E-state index contributed by atoms with van der Waals surface area (Å²) in [4.78, 5) is 3.18. The Labute approximate surface area is 147 Å². The number of phenols is 1. The number of benzene rings is 2. The number of anilines is 1. The second kappa shape index (κ2) is 5.57. The quantitative estimate of drug-likeness (QED) is 0.519.